The Morgan fingerprint density at radius 3 is 2.80 bits per heavy atom. The van der Waals surface area contributed by atoms with Crippen LogP contribution in [0, 0.1) is 0 Å². The molecule has 0 N–H and O–H groups in total. The van der Waals surface area contributed by atoms with E-state index in [-0.39, 0.29) is 5.60 Å². The first kappa shape index (κ1) is 10.4. The molecule has 0 amide bonds. The van der Waals surface area contributed by atoms with Gasteiger partial charge in [0.1, 0.15) is 6.29 Å². The molecule has 1 aromatic rings. The molecule has 1 aromatic carbocycles. The van der Waals surface area contributed by atoms with Gasteiger partial charge in [0.2, 0.25) is 0 Å². The van der Waals surface area contributed by atoms with E-state index in [0.29, 0.717) is 0 Å². The van der Waals surface area contributed by atoms with Crippen molar-refractivity contribution in [1.82, 2.24) is 0 Å². The van der Waals surface area contributed by atoms with Crippen molar-refractivity contribution in [3.05, 3.63) is 35.4 Å². The fraction of sp³-hybridized carbons (Fsp3) is 0.462. The number of benzene rings is 1. The summed E-state index contributed by atoms with van der Waals surface area (Å²) < 4.78 is 5.84. The van der Waals surface area contributed by atoms with Gasteiger partial charge in [-0.15, -0.1) is 0 Å². The summed E-state index contributed by atoms with van der Waals surface area (Å²) in [4.78, 5) is 10.7. The Balaban J connectivity index is 2.29. The van der Waals surface area contributed by atoms with E-state index in [9.17, 15) is 4.79 Å². The zero-order valence-electron chi connectivity index (χ0n) is 9.03. The van der Waals surface area contributed by atoms with Crippen molar-refractivity contribution < 1.29 is 9.53 Å². The van der Waals surface area contributed by atoms with Crippen LogP contribution in [-0.4, -0.2) is 12.9 Å². The van der Waals surface area contributed by atoms with Crippen LogP contribution >= 0.6 is 0 Å². The van der Waals surface area contributed by atoms with Crippen LogP contribution in [0.5, 0.6) is 0 Å². The van der Waals surface area contributed by atoms with Crippen molar-refractivity contribution in [3.8, 4) is 0 Å². The minimum absolute atomic E-state index is 0.103. The standard InChI is InChI=1S/C13H16O2/c1-2-15-13(7-4-8-13)12-6-3-5-11(9-12)10-14/h3,5-6,9-10H,2,4,7-8H2,1H3. The second kappa shape index (κ2) is 4.15. The first-order chi connectivity index (χ1) is 7.30. The summed E-state index contributed by atoms with van der Waals surface area (Å²) in [5, 5.41) is 0. The van der Waals surface area contributed by atoms with Gasteiger partial charge in [0, 0.05) is 12.2 Å². The maximum atomic E-state index is 10.7. The highest BCUT2D eigenvalue weighted by Gasteiger charge is 2.39. The van der Waals surface area contributed by atoms with Crippen molar-refractivity contribution in [1.29, 1.82) is 0 Å². The van der Waals surface area contributed by atoms with Gasteiger partial charge in [0.25, 0.3) is 0 Å². The Labute approximate surface area is 90.3 Å². The molecule has 0 radical (unpaired) electrons. The van der Waals surface area contributed by atoms with E-state index < -0.39 is 0 Å². The minimum Gasteiger partial charge on any atom is -0.371 e. The lowest BCUT2D eigenvalue weighted by molar-refractivity contribution is -0.101. The van der Waals surface area contributed by atoms with E-state index in [1.54, 1.807) is 0 Å². The van der Waals surface area contributed by atoms with Gasteiger partial charge in [0.15, 0.2) is 0 Å². The van der Waals surface area contributed by atoms with Gasteiger partial charge in [-0.2, -0.15) is 0 Å². The Bertz CT molecular complexity index is 353. The van der Waals surface area contributed by atoms with Gasteiger partial charge in [-0.25, -0.2) is 0 Å². The average Bonchev–Trinajstić information content (AvgIpc) is 2.23. The van der Waals surface area contributed by atoms with Crippen LogP contribution in [0.25, 0.3) is 0 Å². The molecule has 1 aliphatic carbocycles. The Kier molecular flexibility index (Phi) is 2.87. The van der Waals surface area contributed by atoms with Crippen LogP contribution in [0.3, 0.4) is 0 Å². The predicted octanol–water partition coefficient (Wildman–Crippen LogP) is 2.91. The summed E-state index contributed by atoms with van der Waals surface area (Å²) in [6.45, 7) is 2.75. The van der Waals surface area contributed by atoms with Crippen LogP contribution in [0.2, 0.25) is 0 Å². The largest absolute Gasteiger partial charge is 0.371 e. The topological polar surface area (TPSA) is 26.3 Å². The first-order valence-corrected chi connectivity index (χ1v) is 5.50. The molecule has 0 bridgehead atoms. The quantitative estimate of drug-likeness (QED) is 0.705. The molecule has 15 heavy (non-hydrogen) atoms. The minimum atomic E-state index is -0.103. The molecule has 80 valence electrons. The number of carbonyl (C=O) groups excluding carboxylic acids is 1. The van der Waals surface area contributed by atoms with E-state index in [1.807, 2.05) is 25.1 Å². The third-order valence-corrected chi connectivity index (χ3v) is 3.13. The van der Waals surface area contributed by atoms with Gasteiger partial charge in [-0.05, 0) is 37.8 Å². The lowest BCUT2D eigenvalue weighted by Crippen LogP contribution is -2.37. The molecular weight excluding hydrogens is 188 g/mol. The van der Waals surface area contributed by atoms with Crippen LogP contribution in [0.4, 0.5) is 0 Å². The van der Waals surface area contributed by atoms with Gasteiger partial charge >= 0.3 is 0 Å². The van der Waals surface area contributed by atoms with Crippen LogP contribution in [0.15, 0.2) is 24.3 Å². The van der Waals surface area contributed by atoms with E-state index in [2.05, 4.69) is 6.07 Å². The summed E-state index contributed by atoms with van der Waals surface area (Å²) in [5.74, 6) is 0. The SMILES string of the molecule is CCOC1(c2cccc(C=O)c2)CCC1. The Morgan fingerprint density at radius 2 is 2.27 bits per heavy atom. The fourth-order valence-electron chi connectivity index (χ4n) is 2.19. The molecule has 0 saturated heterocycles. The average molecular weight is 204 g/mol. The molecule has 0 aromatic heterocycles. The van der Waals surface area contributed by atoms with Crippen molar-refractivity contribution in [3.63, 3.8) is 0 Å². The summed E-state index contributed by atoms with van der Waals surface area (Å²) in [6, 6.07) is 7.76. The van der Waals surface area contributed by atoms with Gasteiger partial charge in [0.05, 0.1) is 5.60 Å². The molecule has 2 nitrogen and oxygen atoms in total. The molecule has 1 saturated carbocycles. The number of aldehydes is 1. The smallest absolute Gasteiger partial charge is 0.150 e. The monoisotopic (exact) mass is 204 g/mol. The maximum Gasteiger partial charge on any atom is 0.150 e. The molecular formula is C13H16O2. The number of rotatable bonds is 4. The van der Waals surface area contributed by atoms with Gasteiger partial charge < -0.3 is 4.74 Å². The highest BCUT2D eigenvalue weighted by Crippen LogP contribution is 2.44. The highest BCUT2D eigenvalue weighted by molar-refractivity contribution is 5.75. The van der Waals surface area contributed by atoms with Crippen molar-refractivity contribution >= 4 is 6.29 Å². The van der Waals surface area contributed by atoms with E-state index in [4.69, 9.17) is 4.74 Å². The lowest BCUT2D eigenvalue weighted by atomic mass is 9.74. The molecule has 2 rings (SSSR count). The van der Waals surface area contributed by atoms with Crippen molar-refractivity contribution in [2.45, 2.75) is 31.8 Å². The predicted molar refractivity (Wildman–Crippen MR) is 59.0 cm³/mol. The van der Waals surface area contributed by atoms with Gasteiger partial charge in [-0.1, -0.05) is 18.2 Å². The third-order valence-electron chi connectivity index (χ3n) is 3.13. The molecule has 0 unspecified atom stereocenters. The summed E-state index contributed by atoms with van der Waals surface area (Å²) in [5.41, 5.74) is 1.78. The summed E-state index contributed by atoms with van der Waals surface area (Å²) in [6.07, 6.45) is 4.25. The molecule has 0 heterocycles. The van der Waals surface area contributed by atoms with Gasteiger partial charge in [-0.3, -0.25) is 4.79 Å². The molecule has 1 aliphatic rings. The maximum absolute atomic E-state index is 10.7. The van der Waals surface area contributed by atoms with Crippen molar-refractivity contribution in [2.75, 3.05) is 6.61 Å². The summed E-state index contributed by atoms with van der Waals surface area (Å²) >= 11 is 0. The first-order valence-electron chi connectivity index (χ1n) is 5.50. The molecule has 0 spiro atoms. The lowest BCUT2D eigenvalue weighted by Gasteiger charge is -2.42. The van der Waals surface area contributed by atoms with Crippen LogP contribution in [0.1, 0.15) is 42.1 Å². The molecule has 2 heteroatoms. The number of hydrogen-bond acceptors (Lipinski definition) is 2. The normalized spacial score (nSPS) is 18.2. The zero-order chi connectivity index (χ0) is 10.7. The number of ether oxygens (including phenoxy) is 1. The van der Waals surface area contributed by atoms with Crippen LogP contribution < -0.4 is 0 Å². The van der Waals surface area contributed by atoms with E-state index in [1.165, 1.54) is 6.42 Å². The molecule has 0 atom stereocenters. The molecule has 0 aliphatic heterocycles. The second-order valence-corrected chi connectivity index (χ2v) is 4.02. The zero-order valence-corrected chi connectivity index (χ0v) is 9.03. The van der Waals surface area contributed by atoms with Crippen molar-refractivity contribution in [2.24, 2.45) is 0 Å². The number of carbonyl (C=O) groups is 1. The third kappa shape index (κ3) is 1.82. The van der Waals surface area contributed by atoms with E-state index in [0.717, 1.165) is 36.9 Å². The Morgan fingerprint density at radius 1 is 1.47 bits per heavy atom. The number of hydrogen-bond donors (Lipinski definition) is 0. The Hall–Kier alpha value is -1.15. The second-order valence-electron chi connectivity index (χ2n) is 4.02. The molecule has 1 fully saturated rings. The van der Waals surface area contributed by atoms with E-state index >= 15 is 0 Å². The summed E-state index contributed by atoms with van der Waals surface area (Å²) in [7, 11) is 0. The fourth-order valence-corrected chi connectivity index (χ4v) is 2.19. The van der Waals surface area contributed by atoms with Crippen LogP contribution in [-0.2, 0) is 10.3 Å². The highest BCUT2D eigenvalue weighted by atomic mass is 16.5.